The number of nitrogens with zero attached hydrogens (tertiary/aromatic N) is 1. The molecule has 2 nitrogen and oxygen atoms in total. The number of rotatable bonds is 5. The molecule has 84 valence electrons. The fourth-order valence-corrected chi connectivity index (χ4v) is 2.10. The normalized spacial score (nSPS) is 14.7. The largest absolute Gasteiger partial charge is 0.379 e. The van der Waals surface area contributed by atoms with Crippen LogP contribution in [0.25, 0.3) is 0 Å². The molecular formula is C11H16BrClN2. The van der Waals surface area contributed by atoms with Gasteiger partial charge in [0.15, 0.2) is 0 Å². The molecule has 0 saturated carbocycles. The van der Waals surface area contributed by atoms with Gasteiger partial charge in [-0.3, -0.25) is 4.98 Å². The number of aromatic nitrogens is 1. The van der Waals surface area contributed by atoms with E-state index in [-0.39, 0.29) is 5.54 Å². The Hall–Kier alpha value is -0.280. The van der Waals surface area contributed by atoms with Crippen molar-refractivity contribution in [3.8, 4) is 0 Å². The molecule has 1 rings (SSSR count). The predicted molar refractivity (Wildman–Crippen MR) is 69.6 cm³/mol. The number of anilines is 1. The molecular weight excluding hydrogens is 275 g/mol. The molecule has 0 saturated heterocycles. The molecule has 0 spiro atoms. The molecule has 1 N–H and O–H groups in total. The second kappa shape index (κ2) is 5.71. The van der Waals surface area contributed by atoms with Gasteiger partial charge in [-0.1, -0.05) is 6.92 Å². The Balaban J connectivity index is 2.79. The first-order chi connectivity index (χ1) is 7.11. The highest BCUT2D eigenvalue weighted by molar-refractivity contribution is 9.10. The number of hydrogen-bond donors (Lipinski definition) is 1. The summed E-state index contributed by atoms with van der Waals surface area (Å²) in [5.74, 6) is 0.667. The van der Waals surface area contributed by atoms with E-state index >= 15 is 0 Å². The molecule has 0 aromatic carbocycles. The van der Waals surface area contributed by atoms with Crippen molar-refractivity contribution in [1.29, 1.82) is 0 Å². The van der Waals surface area contributed by atoms with Crippen molar-refractivity contribution in [2.24, 2.45) is 0 Å². The molecule has 1 atom stereocenters. The molecule has 0 bridgehead atoms. The van der Waals surface area contributed by atoms with E-state index in [2.05, 4.69) is 40.1 Å². The van der Waals surface area contributed by atoms with Crippen LogP contribution in [0.4, 0.5) is 5.69 Å². The fourth-order valence-electron chi connectivity index (χ4n) is 1.34. The van der Waals surface area contributed by atoms with Crippen LogP contribution in [0.1, 0.15) is 26.7 Å². The molecule has 0 aliphatic heterocycles. The van der Waals surface area contributed by atoms with Crippen molar-refractivity contribution in [2.75, 3.05) is 11.2 Å². The molecule has 0 radical (unpaired) electrons. The van der Waals surface area contributed by atoms with Crippen molar-refractivity contribution in [3.05, 3.63) is 22.9 Å². The van der Waals surface area contributed by atoms with E-state index in [4.69, 9.17) is 11.6 Å². The highest BCUT2D eigenvalue weighted by atomic mass is 79.9. The van der Waals surface area contributed by atoms with Gasteiger partial charge in [0.2, 0.25) is 0 Å². The lowest BCUT2D eigenvalue weighted by atomic mass is 9.95. The van der Waals surface area contributed by atoms with Crippen LogP contribution >= 0.6 is 27.5 Å². The highest BCUT2D eigenvalue weighted by Crippen LogP contribution is 2.27. The summed E-state index contributed by atoms with van der Waals surface area (Å²) >= 11 is 9.28. The molecule has 0 amide bonds. The minimum absolute atomic E-state index is 0.0472. The van der Waals surface area contributed by atoms with Crippen molar-refractivity contribution in [2.45, 2.75) is 32.2 Å². The van der Waals surface area contributed by atoms with Crippen LogP contribution in [0.5, 0.6) is 0 Å². The molecule has 0 aliphatic carbocycles. The van der Waals surface area contributed by atoms with Crippen molar-refractivity contribution >= 4 is 33.2 Å². The summed E-state index contributed by atoms with van der Waals surface area (Å²) in [4.78, 5) is 4.03. The fraction of sp³-hybridized carbons (Fsp3) is 0.545. The lowest BCUT2D eigenvalue weighted by Gasteiger charge is -2.30. The molecule has 1 aromatic rings. The average molecular weight is 292 g/mol. The maximum absolute atomic E-state index is 5.81. The summed E-state index contributed by atoms with van der Waals surface area (Å²) in [7, 11) is 0. The number of nitrogens with one attached hydrogen (secondary N) is 1. The number of halogens is 2. The van der Waals surface area contributed by atoms with Crippen LogP contribution in [-0.4, -0.2) is 16.4 Å². The third-order valence-electron chi connectivity index (χ3n) is 2.64. The number of alkyl halides is 1. The minimum atomic E-state index is 0.0472. The summed E-state index contributed by atoms with van der Waals surface area (Å²) < 4.78 is 0.985. The zero-order valence-electron chi connectivity index (χ0n) is 9.06. The smallest absolute Gasteiger partial charge is 0.0590 e. The van der Waals surface area contributed by atoms with Crippen LogP contribution < -0.4 is 5.32 Å². The van der Waals surface area contributed by atoms with Crippen molar-refractivity contribution < 1.29 is 0 Å². The van der Waals surface area contributed by atoms with Crippen LogP contribution in [-0.2, 0) is 0 Å². The first-order valence-corrected chi connectivity index (χ1v) is 6.38. The lowest BCUT2D eigenvalue weighted by molar-refractivity contribution is 0.481. The Morgan fingerprint density at radius 1 is 1.60 bits per heavy atom. The zero-order valence-corrected chi connectivity index (χ0v) is 11.4. The van der Waals surface area contributed by atoms with E-state index in [0.717, 1.165) is 23.0 Å². The summed E-state index contributed by atoms with van der Waals surface area (Å²) in [6.45, 7) is 4.34. The molecule has 1 heterocycles. The molecule has 0 fully saturated rings. The van der Waals surface area contributed by atoms with Gasteiger partial charge in [0.1, 0.15) is 0 Å². The van der Waals surface area contributed by atoms with Crippen LogP contribution in [0.2, 0.25) is 0 Å². The Kier molecular flexibility index (Phi) is 4.87. The summed E-state index contributed by atoms with van der Waals surface area (Å²) in [6, 6.07) is 1.96. The predicted octanol–water partition coefficient (Wildman–Crippen LogP) is 4.05. The Labute approximate surface area is 105 Å². The first kappa shape index (κ1) is 12.8. The topological polar surface area (TPSA) is 24.9 Å². The van der Waals surface area contributed by atoms with E-state index < -0.39 is 0 Å². The van der Waals surface area contributed by atoms with Gasteiger partial charge in [-0.25, -0.2) is 0 Å². The van der Waals surface area contributed by atoms with E-state index in [9.17, 15) is 0 Å². The SMILES string of the molecule is CCC(C)(CCCl)Nc1ccncc1Br. The van der Waals surface area contributed by atoms with Crippen LogP contribution in [0.15, 0.2) is 22.9 Å². The standard InChI is InChI=1S/C11H16BrClN2/c1-3-11(2,5-6-13)15-10-4-7-14-8-9(10)12/h4,7-8H,3,5-6H2,1-2H3,(H,14,15). The zero-order chi connectivity index (χ0) is 11.3. The highest BCUT2D eigenvalue weighted by Gasteiger charge is 2.21. The second-order valence-electron chi connectivity index (χ2n) is 3.83. The first-order valence-electron chi connectivity index (χ1n) is 5.05. The van der Waals surface area contributed by atoms with Gasteiger partial charge < -0.3 is 5.32 Å². The average Bonchev–Trinajstić information content (AvgIpc) is 2.22. The molecule has 4 heteroatoms. The molecule has 1 unspecified atom stereocenters. The summed E-state index contributed by atoms with van der Waals surface area (Å²) in [5.41, 5.74) is 1.12. The maximum atomic E-state index is 5.81. The summed E-state index contributed by atoms with van der Waals surface area (Å²) in [5, 5.41) is 3.50. The second-order valence-corrected chi connectivity index (χ2v) is 5.07. The molecule has 0 aliphatic rings. The monoisotopic (exact) mass is 290 g/mol. The Morgan fingerprint density at radius 2 is 2.33 bits per heavy atom. The van der Waals surface area contributed by atoms with Gasteiger partial charge in [0, 0.05) is 23.8 Å². The van der Waals surface area contributed by atoms with E-state index in [1.807, 2.05) is 6.07 Å². The van der Waals surface area contributed by atoms with Gasteiger partial charge in [0.05, 0.1) is 10.2 Å². The van der Waals surface area contributed by atoms with Crippen molar-refractivity contribution in [3.63, 3.8) is 0 Å². The van der Waals surface area contributed by atoms with Crippen LogP contribution in [0.3, 0.4) is 0 Å². The van der Waals surface area contributed by atoms with Gasteiger partial charge >= 0.3 is 0 Å². The Bertz CT molecular complexity index is 319. The third kappa shape index (κ3) is 3.65. The van der Waals surface area contributed by atoms with E-state index in [0.29, 0.717) is 5.88 Å². The quantitative estimate of drug-likeness (QED) is 0.828. The summed E-state index contributed by atoms with van der Waals surface area (Å²) in [6.07, 6.45) is 5.55. The minimum Gasteiger partial charge on any atom is -0.379 e. The van der Waals surface area contributed by atoms with E-state index in [1.54, 1.807) is 12.4 Å². The van der Waals surface area contributed by atoms with Gasteiger partial charge in [-0.2, -0.15) is 0 Å². The lowest BCUT2D eigenvalue weighted by Crippen LogP contribution is -2.34. The van der Waals surface area contributed by atoms with Gasteiger partial charge in [-0.15, -0.1) is 11.6 Å². The Morgan fingerprint density at radius 3 is 2.87 bits per heavy atom. The maximum Gasteiger partial charge on any atom is 0.0590 e. The number of hydrogen-bond acceptors (Lipinski definition) is 2. The van der Waals surface area contributed by atoms with Gasteiger partial charge in [0.25, 0.3) is 0 Å². The molecule has 1 aromatic heterocycles. The van der Waals surface area contributed by atoms with E-state index in [1.165, 1.54) is 0 Å². The van der Waals surface area contributed by atoms with Crippen LogP contribution in [0, 0.1) is 0 Å². The number of pyridine rings is 1. The third-order valence-corrected chi connectivity index (χ3v) is 3.46. The van der Waals surface area contributed by atoms with Crippen molar-refractivity contribution in [1.82, 2.24) is 4.98 Å². The van der Waals surface area contributed by atoms with Gasteiger partial charge in [-0.05, 0) is 41.8 Å². The molecule has 15 heavy (non-hydrogen) atoms.